The van der Waals surface area contributed by atoms with Gasteiger partial charge in [0.25, 0.3) is 0 Å². The van der Waals surface area contributed by atoms with Crippen LogP contribution in [0, 0.1) is 35.0 Å². The van der Waals surface area contributed by atoms with Crippen molar-refractivity contribution in [1.29, 1.82) is 0 Å². The van der Waals surface area contributed by atoms with Crippen LogP contribution in [0.3, 0.4) is 0 Å². The standard InChI is InChI=1S/C19H31NO/c1-13-17-9-15-8-16(10-17)12-19(13,11-15)14(2)18(21)20-6-4-3-5-7-20/h13-17H,3-12H2,1-2H3. The van der Waals surface area contributed by atoms with Crippen molar-refractivity contribution in [2.75, 3.05) is 13.1 Å². The molecule has 1 heterocycles. The lowest BCUT2D eigenvalue weighted by Gasteiger charge is -2.62. The molecule has 0 N–H and O–H groups in total. The molecule has 4 aliphatic carbocycles. The van der Waals surface area contributed by atoms with Gasteiger partial charge in [0.2, 0.25) is 5.91 Å². The van der Waals surface area contributed by atoms with Gasteiger partial charge in [0, 0.05) is 19.0 Å². The van der Waals surface area contributed by atoms with E-state index in [1.807, 2.05) is 0 Å². The minimum Gasteiger partial charge on any atom is -0.342 e. The highest BCUT2D eigenvalue weighted by molar-refractivity contribution is 5.79. The van der Waals surface area contributed by atoms with E-state index in [1.54, 1.807) is 0 Å². The second kappa shape index (κ2) is 4.99. The molecule has 4 bridgehead atoms. The molecule has 4 atom stereocenters. The van der Waals surface area contributed by atoms with E-state index < -0.39 is 0 Å². The third-order valence-electron chi connectivity index (χ3n) is 7.79. The van der Waals surface area contributed by atoms with E-state index >= 15 is 0 Å². The van der Waals surface area contributed by atoms with Crippen LogP contribution in [0.4, 0.5) is 0 Å². The van der Waals surface area contributed by atoms with Crippen molar-refractivity contribution in [2.45, 2.75) is 65.2 Å². The summed E-state index contributed by atoms with van der Waals surface area (Å²) >= 11 is 0. The van der Waals surface area contributed by atoms with Gasteiger partial charge in [0.1, 0.15) is 0 Å². The Labute approximate surface area is 129 Å². The third kappa shape index (κ3) is 2.08. The molecule has 118 valence electrons. The molecule has 0 aromatic heterocycles. The first-order chi connectivity index (χ1) is 10.1. The van der Waals surface area contributed by atoms with Crippen LogP contribution in [0.15, 0.2) is 0 Å². The Morgan fingerprint density at radius 1 is 1.05 bits per heavy atom. The highest BCUT2D eigenvalue weighted by Crippen LogP contribution is 2.65. The minimum absolute atomic E-state index is 0.263. The molecular weight excluding hydrogens is 258 g/mol. The van der Waals surface area contributed by atoms with Crippen LogP contribution in [-0.2, 0) is 4.79 Å². The van der Waals surface area contributed by atoms with E-state index in [9.17, 15) is 4.79 Å². The maximum absolute atomic E-state index is 13.1. The van der Waals surface area contributed by atoms with Gasteiger partial charge in [-0.15, -0.1) is 0 Å². The van der Waals surface area contributed by atoms with Gasteiger partial charge in [-0.25, -0.2) is 0 Å². The Balaban J connectivity index is 1.57. The molecular formula is C19H31NO. The zero-order valence-electron chi connectivity index (χ0n) is 13.8. The van der Waals surface area contributed by atoms with Gasteiger partial charge in [-0.05, 0) is 80.5 Å². The van der Waals surface area contributed by atoms with Crippen molar-refractivity contribution in [1.82, 2.24) is 4.90 Å². The van der Waals surface area contributed by atoms with E-state index in [0.29, 0.717) is 11.3 Å². The predicted molar refractivity (Wildman–Crippen MR) is 84.7 cm³/mol. The Morgan fingerprint density at radius 2 is 1.67 bits per heavy atom. The number of nitrogens with zero attached hydrogens (tertiary/aromatic N) is 1. The minimum atomic E-state index is 0.263. The summed E-state index contributed by atoms with van der Waals surface area (Å²) in [5.74, 6) is 4.33. The highest BCUT2D eigenvalue weighted by Gasteiger charge is 2.58. The third-order valence-corrected chi connectivity index (χ3v) is 7.79. The lowest BCUT2D eigenvalue weighted by molar-refractivity contribution is -0.162. The molecule has 5 rings (SSSR count). The van der Waals surface area contributed by atoms with E-state index in [2.05, 4.69) is 18.7 Å². The van der Waals surface area contributed by atoms with Crippen LogP contribution >= 0.6 is 0 Å². The first kappa shape index (κ1) is 14.1. The molecule has 2 nitrogen and oxygen atoms in total. The second-order valence-electron chi connectivity index (χ2n) is 8.74. The molecule has 1 saturated heterocycles. The van der Waals surface area contributed by atoms with Gasteiger partial charge >= 0.3 is 0 Å². The van der Waals surface area contributed by atoms with Gasteiger partial charge in [-0.2, -0.15) is 0 Å². The van der Waals surface area contributed by atoms with E-state index in [4.69, 9.17) is 0 Å². The summed E-state index contributed by atoms with van der Waals surface area (Å²) in [6.45, 7) is 6.79. The van der Waals surface area contributed by atoms with Crippen LogP contribution in [0.1, 0.15) is 65.2 Å². The summed E-state index contributed by atoms with van der Waals surface area (Å²) in [7, 11) is 0. The zero-order chi connectivity index (χ0) is 14.6. The van der Waals surface area contributed by atoms with Crippen LogP contribution in [0.25, 0.3) is 0 Å². The number of likely N-dealkylation sites (tertiary alicyclic amines) is 1. The molecule has 0 spiro atoms. The maximum Gasteiger partial charge on any atom is 0.225 e. The van der Waals surface area contributed by atoms with Crippen LogP contribution in [0.5, 0.6) is 0 Å². The smallest absolute Gasteiger partial charge is 0.225 e. The van der Waals surface area contributed by atoms with Gasteiger partial charge in [-0.1, -0.05) is 13.8 Å². The molecule has 21 heavy (non-hydrogen) atoms. The van der Waals surface area contributed by atoms with Crippen LogP contribution in [-0.4, -0.2) is 23.9 Å². The first-order valence-electron chi connectivity index (χ1n) is 9.39. The van der Waals surface area contributed by atoms with Crippen LogP contribution in [0.2, 0.25) is 0 Å². The van der Waals surface area contributed by atoms with E-state index in [-0.39, 0.29) is 5.92 Å². The molecule has 2 heteroatoms. The van der Waals surface area contributed by atoms with Crippen molar-refractivity contribution in [3.8, 4) is 0 Å². The molecule has 5 fully saturated rings. The molecule has 4 saturated carbocycles. The largest absolute Gasteiger partial charge is 0.342 e. The van der Waals surface area contributed by atoms with E-state index in [1.165, 1.54) is 51.4 Å². The van der Waals surface area contributed by atoms with Crippen molar-refractivity contribution in [3.05, 3.63) is 0 Å². The quantitative estimate of drug-likeness (QED) is 0.749. The number of amides is 1. The SMILES string of the molecule is CC(C(=O)N1CCCCC1)C12CC3CC(CC(C3)C1C)C2. The summed E-state index contributed by atoms with van der Waals surface area (Å²) < 4.78 is 0. The molecule has 4 unspecified atom stereocenters. The molecule has 0 radical (unpaired) electrons. The molecule has 0 aromatic carbocycles. The average Bonchev–Trinajstić information content (AvgIpc) is 2.51. The molecule has 5 aliphatic rings. The second-order valence-corrected chi connectivity index (χ2v) is 8.74. The summed E-state index contributed by atoms with van der Waals surface area (Å²) in [4.78, 5) is 15.3. The number of piperidine rings is 1. The Morgan fingerprint density at radius 3 is 2.29 bits per heavy atom. The lowest BCUT2D eigenvalue weighted by Crippen LogP contribution is -2.57. The number of carbonyl (C=O) groups excluding carboxylic acids is 1. The van der Waals surface area contributed by atoms with Crippen molar-refractivity contribution in [3.63, 3.8) is 0 Å². The highest BCUT2D eigenvalue weighted by atomic mass is 16.2. The fourth-order valence-electron chi connectivity index (χ4n) is 6.74. The van der Waals surface area contributed by atoms with Gasteiger partial charge in [-0.3, -0.25) is 4.79 Å². The van der Waals surface area contributed by atoms with Crippen LogP contribution < -0.4 is 0 Å². The number of hydrogen-bond donors (Lipinski definition) is 0. The molecule has 0 aromatic rings. The van der Waals surface area contributed by atoms with Gasteiger partial charge in [0.05, 0.1) is 0 Å². The molecule has 1 amide bonds. The van der Waals surface area contributed by atoms with Crippen molar-refractivity contribution in [2.24, 2.45) is 35.0 Å². The Kier molecular flexibility index (Phi) is 3.35. The Bertz CT molecular complexity index is 411. The Hall–Kier alpha value is -0.530. The number of rotatable bonds is 2. The fraction of sp³-hybridized carbons (Fsp3) is 0.947. The summed E-state index contributed by atoms with van der Waals surface area (Å²) in [6, 6.07) is 0. The zero-order valence-corrected chi connectivity index (χ0v) is 13.8. The van der Waals surface area contributed by atoms with Gasteiger partial charge < -0.3 is 4.90 Å². The maximum atomic E-state index is 13.1. The average molecular weight is 289 g/mol. The number of carbonyl (C=O) groups is 1. The normalized spacial score (nSPS) is 46.7. The lowest BCUT2D eigenvalue weighted by atomic mass is 9.42. The fourth-order valence-corrected chi connectivity index (χ4v) is 6.74. The summed E-state index contributed by atoms with van der Waals surface area (Å²) in [5, 5.41) is 0. The van der Waals surface area contributed by atoms with Crippen molar-refractivity contribution < 1.29 is 4.79 Å². The topological polar surface area (TPSA) is 20.3 Å². The van der Waals surface area contributed by atoms with Gasteiger partial charge in [0.15, 0.2) is 0 Å². The number of hydrogen-bond acceptors (Lipinski definition) is 1. The monoisotopic (exact) mass is 289 g/mol. The first-order valence-corrected chi connectivity index (χ1v) is 9.39. The van der Waals surface area contributed by atoms with E-state index in [0.717, 1.165) is 36.8 Å². The summed E-state index contributed by atoms with van der Waals surface area (Å²) in [5.41, 5.74) is 0.350. The summed E-state index contributed by atoms with van der Waals surface area (Å²) in [6.07, 6.45) is 10.8. The predicted octanol–water partition coefficient (Wildman–Crippen LogP) is 4.10. The van der Waals surface area contributed by atoms with Crippen molar-refractivity contribution >= 4 is 5.91 Å². The molecule has 1 aliphatic heterocycles.